The van der Waals surface area contributed by atoms with Crippen molar-refractivity contribution in [1.82, 2.24) is 0 Å². The molecule has 0 atom stereocenters. The molecule has 0 heterocycles. The largest absolute Gasteiger partial charge is 0.423 e. The molecule has 2 aromatic carbocycles. The van der Waals surface area contributed by atoms with E-state index < -0.39 is 5.97 Å². The van der Waals surface area contributed by atoms with E-state index in [0.29, 0.717) is 22.8 Å². The van der Waals surface area contributed by atoms with Crippen LogP contribution in [0, 0.1) is 28.6 Å². The van der Waals surface area contributed by atoms with Gasteiger partial charge < -0.3 is 10.5 Å². The van der Waals surface area contributed by atoms with E-state index >= 15 is 0 Å². The minimum Gasteiger partial charge on any atom is -0.423 e. The molecule has 1 fully saturated rings. The number of hydrogen-bond acceptors (Lipinski definition) is 6. The lowest BCUT2D eigenvalue weighted by Crippen LogP contribution is -2.14. The number of hydrogen-bond donors (Lipinski definition) is 1. The number of ether oxygens (including phenoxy) is 1. The van der Waals surface area contributed by atoms with Crippen molar-refractivity contribution in [2.75, 3.05) is 0 Å². The van der Waals surface area contributed by atoms with E-state index in [-0.39, 0.29) is 11.4 Å². The first kappa shape index (κ1) is 25.7. The lowest BCUT2D eigenvalue weighted by Gasteiger charge is -2.29. The average Bonchev–Trinajstić information content (AvgIpc) is 2.90. The predicted molar refractivity (Wildman–Crippen MR) is 137 cm³/mol. The topological polar surface area (TPSA) is 112 Å². The molecule has 0 spiro atoms. The predicted octanol–water partition coefficient (Wildman–Crippen LogP) is 6.40. The summed E-state index contributed by atoms with van der Waals surface area (Å²) in [6, 6.07) is 18.0. The number of allylic oxidation sites excluding steroid dienone is 2. The van der Waals surface area contributed by atoms with Crippen LogP contribution in [0.4, 0.5) is 0 Å². The SMILES string of the molecule is CCCCCC1CCC(c2ccc(C(=O)Oc3ccc(C=N/C(C#N)=C(\N)C#N)cc3)cc2)CC1. The molecule has 6 nitrogen and oxygen atoms in total. The van der Waals surface area contributed by atoms with Crippen LogP contribution in [0.1, 0.15) is 85.7 Å². The van der Waals surface area contributed by atoms with Gasteiger partial charge in [0.25, 0.3) is 0 Å². The number of nitrogens with two attached hydrogens (primary N) is 1. The van der Waals surface area contributed by atoms with Gasteiger partial charge in [-0.1, -0.05) is 44.7 Å². The maximum atomic E-state index is 12.6. The Kier molecular flexibility index (Phi) is 9.63. The zero-order chi connectivity index (χ0) is 25.0. The summed E-state index contributed by atoms with van der Waals surface area (Å²) < 4.78 is 5.50. The first-order valence-corrected chi connectivity index (χ1v) is 12.3. The van der Waals surface area contributed by atoms with Gasteiger partial charge in [-0.25, -0.2) is 9.79 Å². The molecule has 1 aliphatic carbocycles. The van der Waals surface area contributed by atoms with E-state index in [1.807, 2.05) is 12.1 Å². The van der Waals surface area contributed by atoms with Crippen molar-refractivity contribution in [2.24, 2.45) is 16.6 Å². The molecule has 1 aliphatic rings. The molecule has 3 rings (SSSR count). The highest BCUT2D eigenvalue weighted by Crippen LogP contribution is 2.37. The summed E-state index contributed by atoms with van der Waals surface area (Å²) in [7, 11) is 0. The van der Waals surface area contributed by atoms with Crippen molar-refractivity contribution in [1.29, 1.82) is 10.5 Å². The summed E-state index contributed by atoms with van der Waals surface area (Å²) in [6.07, 6.45) is 11.8. The number of nitriles is 2. The van der Waals surface area contributed by atoms with Crippen molar-refractivity contribution in [2.45, 2.75) is 64.2 Å². The molecule has 180 valence electrons. The first-order chi connectivity index (χ1) is 17.0. The zero-order valence-corrected chi connectivity index (χ0v) is 20.2. The normalized spacial score (nSPS) is 18.4. The van der Waals surface area contributed by atoms with Crippen LogP contribution in [-0.2, 0) is 0 Å². The number of unbranched alkanes of at least 4 members (excludes halogenated alkanes) is 2. The van der Waals surface area contributed by atoms with Crippen molar-refractivity contribution >= 4 is 12.2 Å². The summed E-state index contributed by atoms with van der Waals surface area (Å²) in [5, 5.41) is 17.8. The van der Waals surface area contributed by atoms with Crippen LogP contribution in [0.3, 0.4) is 0 Å². The molecule has 35 heavy (non-hydrogen) atoms. The molecule has 0 bridgehead atoms. The molecule has 0 saturated heterocycles. The third kappa shape index (κ3) is 7.55. The van der Waals surface area contributed by atoms with Crippen LogP contribution < -0.4 is 10.5 Å². The lowest BCUT2D eigenvalue weighted by atomic mass is 9.77. The Labute approximate surface area is 207 Å². The molecule has 1 saturated carbocycles. The van der Waals surface area contributed by atoms with Gasteiger partial charge in [0.15, 0.2) is 5.70 Å². The summed E-state index contributed by atoms with van der Waals surface area (Å²) in [4.78, 5) is 16.5. The van der Waals surface area contributed by atoms with Gasteiger partial charge in [0.2, 0.25) is 0 Å². The van der Waals surface area contributed by atoms with E-state index in [1.165, 1.54) is 63.1 Å². The van der Waals surface area contributed by atoms with Crippen LogP contribution in [0.15, 0.2) is 64.9 Å². The molecule has 0 amide bonds. The second-order valence-corrected chi connectivity index (χ2v) is 9.04. The van der Waals surface area contributed by atoms with Gasteiger partial charge in [-0.2, -0.15) is 10.5 Å². The minimum absolute atomic E-state index is 0.147. The molecular formula is C29H32N4O2. The molecule has 2 N–H and O–H groups in total. The number of rotatable bonds is 9. The van der Waals surface area contributed by atoms with Gasteiger partial charge in [-0.05, 0) is 85.0 Å². The smallest absolute Gasteiger partial charge is 0.343 e. The first-order valence-electron chi connectivity index (χ1n) is 12.3. The maximum absolute atomic E-state index is 12.6. The fraction of sp³-hybridized carbons (Fsp3) is 0.379. The quantitative estimate of drug-likeness (QED) is 0.150. The van der Waals surface area contributed by atoms with Gasteiger partial charge in [0.05, 0.1) is 5.56 Å². The second kappa shape index (κ2) is 13.1. The van der Waals surface area contributed by atoms with Crippen LogP contribution in [-0.4, -0.2) is 12.2 Å². The highest BCUT2D eigenvalue weighted by molar-refractivity contribution is 5.91. The summed E-state index contributed by atoms with van der Waals surface area (Å²) in [5.74, 6) is 1.46. The highest BCUT2D eigenvalue weighted by atomic mass is 16.5. The van der Waals surface area contributed by atoms with E-state index in [9.17, 15) is 4.79 Å². The number of carbonyl (C=O) groups excluding carboxylic acids is 1. The lowest BCUT2D eigenvalue weighted by molar-refractivity contribution is 0.0734. The van der Waals surface area contributed by atoms with E-state index in [2.05, 4.69) is 24.0 Å². The fourth-order valence-corrected chi connectivity index (χ4v) is 4.50. The molecule has 0 unspecified atom stereocenters. The monoisotopic (exact) mass is 468 g/mol. The van der Waals surface area contributed by atoms with Crippen molar-refractivity contribution in [3.8, 4) is 17.9 Å². The Bertz CT molecular complexity index is 1130. The van der Waals surface area contributed by atoms with Gasteiger partial charge in [-0.3, -0.25) is 0 Å². The molecule has 0 radical (unpaired) electrons. The Hall–Kier alpha value is -3.90. The number of aliphatic imine (C=N–C) groups is 1. The number of esters is 1. The van der Waals surface area contributed by atoms with Crippen LogP contribution >= 0.6 is 0 Å². The molecule has 6 heteroatoms. The van der Waals surface area contributed by atoms with Gasteiger partial charge >= 0.3 is 5.97 Å². The molecular weight excluding hydrogens is 436 g/mol. The Morgan fingerprint density at radius 3 is 2.31 bits per heavy atom. The Morgan fingerprint density at radius 1 is 1.03 bits per heavy atom. The van der Waals surface area contributed by atoms with Crippen molar-refractivity contribution < 1.29 is 9.53 Å². The third-order valence-electron chi connectivity index (χ3n) is 6.60. The van der Waals surface area contributed by atoms with Gasteiger partial charge in [0.1, 0.15) is 23.6 Å². The number of benzene rings is 2. The Balaban J connectivity index is 1.53. The highest BCUT2D eigenvalue weighted by Gasteiger charge is 2.22. The van der Waals surface area contributed by atoms with E-state index in [1.54, 1.807) is 36.4 Å². The van der Waals surface area contributed by atoms with E-state index in [0.717, 1.165) is 5.92 Å². The summed E-state index contributed by atoms with van der Waals surface area (Å²) >= 11 is 0. The minimum atomic E-state index is -0.408. The molecule has 2 aromatic rings. The van der Waals surface area contributed by atoms with Gasteiger partial charge in [-0.15, -0.1) is 0 Å². The maximum Gasteiger partial charge on any atom is 0.343 e. The van der Waals surface area contributed by atoms with Crippen LogP contribution in [0.5, 0.6) is 5.75 Å². The Morgan fingerprint density at radius 2 is 1.71 bits per heavy atom. The molecule has 0 aliphatic heterocycles. The third-order valence-corrected chi connectivity index (χ3v) is 6.60. The fourth-order valence-electron chi connectivity index (χ4n) is 4.50. The number of carbonyl (C=O) groups is 1. The zero-order valence-electron chi connectivity index (χ0n) is 20.2. The van der Waals surface area contributed by atoms with Crippen LogP contribution in [0.2, 0.25) is 0 Å². The van der Waals surface area contributed by atoms with Crippen molar-refractivity contribution in [3.05, 3.63) is 76.6 Å². The standard InChI is InChI=1S/C29H32N4O2/c1-2-3-4-5-21-6-10-23(11-7-21)24-12-14-25(15-13-24)29(34)35-26-16-8-22(9-17-26)20-33-28(19-31)27(32)18-30/h8-9,12-17,20-21,23H,2-7,10-11,32H2,1H3/b28-27-,33-20?. The van der Waals surface area contributed by atoms with Gasteiger partial charge in [0, 0.05) is 6.21 Å². The second-order valence-electron chi connectivity index (χ2n) is 9.04. The van der Waals surface area contributed by atoms with Crippen LogP contribution in [0.25, 0.3) is 0 Å². The molecule has 0 aromatic heterocycles. The number of nitrogens with zero attached hydrogens (tertiary/aromatic N) is 3. The summed E-state index contributed by atoms with van der Waals surface area (Å²) in [5.41, 5.74) is 7.54. The average molecular weight is 469 g/mol. The van der Waals surface area contributed by atoms with Crippen molar-refractivity contribution in [3.63, 3.8) is 0 Å². The van der Waals surface area contributed by atoms with E-state index in [4.69, 9.17) is 21.0 Å². The summed E-state index contributed by atoms with van der Waals surface area (Å²) in [6.45, 7) is 2.26.